The van der Waals surface area contributed by atoms with Crippen molar-refractivity contribution in [3.63, 3.8) is 0 Å². The first-order valence-corrected chi connectivity index (χ1v) is 7.00. The number of esters is 1. The van der Waals surface area contributed by atoms with Crippen LogP contribution in [-0.2, 0) is 14.3 Å². The minimum atomic E-state index is -4.96. The van der Waals surface area contributed by atoms with Crippen molar-refractivity contribution in [3.8, 4) is 0 Å². The topological polar surface area (TPSA) is 72.0 Å². The Labute approximate surface area is 122 Å². The summed E-state index contributed by atoms with van der Waals surface area (Å²) in [4.78, 5) is 23.5. The molecular weight excluding hydrogens is 289 g/mol. The fourth-order valence-electron chi connectivity index (χ4n) is 1.65. The molecule has 0 fully saturated rings. The molecule has 0 aliphatic carbocycles. The van der Waals surface area contributed by atoms with Gasteiger partial charge < -0.3 is 10.1 Å². The van der Waals surface area contributed by atoms with Crippen LogP contribution in [0.3, 0.4) is 0 Å². The predicted octanol–water partition coefficient (Wildman–Crippen LogP) is 0.944. The number of ether oxygens (including phenoxy) is 1. The number of quaternary nitrogens is 1. The van der Waals surface area contributed by atoms with E-state index in [0.29, 0.717) is 6.42 Å². The van der Waals surface area contributed by atoms with Gasteiger partial charge in [-0.3, -0.25) is 10.1 Å². The van der Waals surface area contributed by atoms with Gasteiger partial charge in [0.1, 0.15) is 0 Å². The first-order chi connectivity index (χ1) is 9.60. The quantitative estimate of drug-likeness (QED) is 0.517. The lowest BCUT2D eigenvalue weighted by atomic mass is 10.1. The zero-order valence-corrected chi connectivity index (χ0v) is 12.8. The minimum Gasteiger partial charge on any atom is -0.460 e. The summed E-state index contributed by atoms with van der Waals surface area (Å²) in [7, 11) is 0. The van der Waals surface area contributed by atoms with Gasteiger partial charge in [-0.25, -0.2) is 4.79 Å². The Bertz CT molecular complexity index is 359. The molecule has 21 heavy (non-hydrogen) atoms. The van der Waals surface area contributed by atoms with E-state index in [1.165, 1.54) is 6.92 Å². The SMILES string of the molecule is CCCC(=O)N[C@@]([NH2+]CC(C)C)(C(=O)OCC)C(F)(F)F. The Morgan fingerprint density at radius 2 is 1.81 bits per heavy atom. The number of nitrogens with two attached hydrogens (primary N) is 1. The largest absolute Gasteiger partial charge is 0.478 e. The number of nitrogens with one attached hydrogen (secondary N) is 1. The van der Waals surface area contributed by atoms with E-state index in [4.69, 9.17) is 0 Å². The average Bonchev–Trinajstić information content (AvgIpc) is 2.33. The van der Waals surface area contributed by atoms with Crippen LogP contribution in [0.2, 0.25) is 0 Å². The molecule has 0 aromatic carbocycles. The lowest BCUT2D eigenvalue weighted by Crippen LogP contribution is -3.07. The smallest absolute Gasteiger partial charge is 0.460 e. The van der Waals surface area contributed by atoms with Crippen molar-refractivity contribution < 1.29 is 32.8 Å². The molecule has 0 aromatic rings. The average molecular weight is 313 g/mol. The number of carbonyl (C=O) groups is 2. The third-order valence-electron chi connectivity index (χ3n) is 2.75. The molecule has 0 radical (unpaired) electrons. The van der Waals surface area contributed by atoms with Gasteiger partial charge in [0.2, 0.25) is 5.91 Å². The summed E-state index contributed by atoms with van der Waals surface area (Å²) in [5.41, 5.74) is -3.08. The van der Waals surface area contributed by atoms with Crippen molar-refractivity contribution in [3.05, 3.63) is 0 Å². The normalized spacial score (nSPS) is 14.7. The molecule has 0 spiro atoms. The van der Waals surface area contributed by atoms with Crippen molar-refractivity contribution in [2.45, 2.75) is 52.4 Å². The molecule has 0 aliphatic heterocycles. The number of halogens is 3. The van der Waals surface area contributed by atoms with Crippen LogP contribution >= 0.6 is 0 Å². The highest BCUT2D eigenvalue weighted by Crippen LogP contribution is 2.27. The van der Waals surface area contributed by atoms with E-state index < -0.39 is 23.7 Å². The zero-order chi connectivity index (χ0) is 16.7. The highest BCUT2D eigenvalue weighted by molar-refractivity contribution is 5.87. The van der Waals surface area contributed by atoms with Crippen LogP contribution in [0.5, 0.6) is 0 Å². The monoisotopic (exact) mass is 313 g/mol. The van der Waals surface area contributed by atoms with E-state index in [-0.39, 0.29) is 25.5 Å². The molecule has 0 rings (SSSR count). The first kappa shape index (κ1) is 19.7. The van der Waals surface area contributed by atoms with E-state index in [1.54, 1.807) is 20.8 Å². The molecule has 0 aliphatic rings. The van der Waals surface area contributed by atoms with Crippen LogP contribution in [0.25, 0.3) is 0 Å². The number of alkyl halides is 3. The van der Waals surface area contributed by atoms with Crippen LogP contribution < -0.4 is 10.6 Å². The van der Waals surface area contributed by atoms with Gasteiger partial charge in [0.25, 0.3) is 0 Å². The Balaban J connectivity index is 5.50. The molecule has 0 unspecified atom stereocenters. The van der Waals surface area contributed by atoms with Gasteiger partial charge in [-0.15, -0.1) is 0 Å². The Kier molecular flexibility index (Phi) is 7.70. The zero-order valence-electron chi connectivity index (χ0n) is 12.8. The third-order valence-corrected chi connectivity index (χ3v) is 2.75. The maximum Gasteiger partial charge on any atom is 0.478 e. The van der Waals surface area contributed by atoms with Crippen molar-refractivity contribution >= 4 is 11.9 Å². The highest BCUT2D eigenvalue weighted by atomic mass is 19.4. The number of hydrogen-bond acceptors (Lipinski definition) is 3. The highest BCUT2D eigenvalue weighted by Gasteiger charge is 2.67. The van der Waals surface area contributed by atoms with E-state index in [1.807, 2.05) is 5.32 Å². The minimum absolute atomic E-state index is 0.0186. The second-order valence-electron chi connectivity index (χ2n) is 5.16. The van der Waals surface area contributed by atoms with E-state index >= 15 is 0 Å². The predicted molar refractivity (Wildman–Crippen MR) is 70.1 cm³/mol. The standard InChI is InChI=1S/C13H23F3N2O3/c1-5-7-10(19)18-12(13(14,15)16,11(20)21-6-2)17-8-9(3)4/h9,17H,5-8H2,1-4H3,(H,18,19)/p+1/t12-/m0/s1. The van der Waals surface area contributed by atoms with Gasteiger partial charge in [-0.05, 0) is 13.3 Å². The van der Waals surface area contributed by atoms with Crippen LogP contribution in [0.1, 0.15) is 40.5 Å². The van der Waals surface area contributed by atoms with Gasteiger partial charge in [-0.2, -0.15) is 13.2 Å². The molecule has 0 heterocycles. The second kappa shape index (κ2) is 8.21. The van der Waals surface area contributed by atoms with Gasteiger partial charge in [0, 0.05) is 12.3 Å². The summed E-state index contributed by atoms with van der Waals surface area (Å²) < 4.78 is 44.9. The van der Waals surface area contributed by atoms with E-state index in [2.05, 4.69) is 4.74 Å². The van der Waals surface area contributed by atoms with Crippen molar-refractivity contribution in [1.82, 2.24) is 5.32 Å². The molecule has 3 N–H and O–H groups in total. The number of hydrogen-bond donors (Lipinski definition) is 2. The van der Waals surface area contributed by atoms with E-state index in [0.717, 1.165) is 5.32 Å². The fourth-order valence-corrected chi connectivity index (χ4v) is 1.65. The molecule has 8 heteroatoms. The number of rotatable bonds is 8. The molecule has 0 aromatic heterocycles. The van der Waals surface area contributed by atoms with Crippen molar-refractivity contribution in [2.24, 2.45) is 5.92 Å². The van der Waals surface area contributed by atoms with Crippen LogP contribution in [0.15, 0.2) is 0 Å². The summed E-state index contributed by atoms with van der Waals surface area (Å²) >= 11 is 0. The van der Waals surface area contributed by atoms with Crippen LogP contribution in [0, 0.1) is 5.92 Å². The second-order valence-corrected chi connectivity index (χ2v) is 5.16. The summed E-state index contributed by atoms with van der Waals surface area (Å²) in [5, 5.41) is 2.61. The summed E-state index contributed by atoms with van der Waals surface area (Å²) in [6.45, 7) is 6.33. The molecule has 1 atom stereocenters. The molecular formula is C13H24F3N2O3+. The first-order valence-electron chi connectivity index (χ1n) is 7.00. The van der Waals surface area contributed by atoms with Crippen LogP contribution in [0.4, 0.5) is 13.2 Å². The molecule has 0 saturated carbocycles. The summed E-state index contributed by atoms with van der Waals surface area (Å²) in [5.74, 6) is -2.42. The Morgan fingerprint density at radius 3 is 2.19 bits per heavy atom. The van der Waals surface area contributed by atoms with Crippen molar-refractivity contribution in [1.29, 1.82) is 0 Å². The fraction of sp³-hybridized carbons (Fsp3) is 0.846. The summed E-state index contributed by atoms with van der Waals surface area (Å²) in [6.07, 6.45) is -4.67. The lowest BCUT2D eigenvalue weighted by molar-refractivity contribution is -0.747. The molecule has 124 valence electrons. The van der Waals surface area contributed by atoms with Crippen molar-refractivity contribution in [2.75, 3.05) is 13.2 Å². The maximum atomic E-state index is 13.5. The van der Waals surface area contributed by atoms with Crippen LogP contribution in [-0.4, -0.2) is 36.9 Å². The Morgan fingerprint density at radius 1 is 1.24 bits per heavy atom. The molecule has 1 amide bonds. The molecule has 0 saturated heterocycles. The summed E-state index contributed by atoms with van der Waals surface area (Å²) in [6, 6.07) is 0. The van der Waals surface area contributed by atoms with Gasteiger partial charge in [-0.1, -0.05) is 20.8 Å². The van der Waals surface area contributed by atoms with Gasteiger partial charge >= 0.3 is 17.8 Å². The molecule has 0 bridgehead atoms. The maximum absolute atomic E-state index is 13.5. The lowest BCUT2D eigenvalue weighted by Gasteiger charge is -2.31. The molecule has 5 nitrogen and oxygen atoms in total. The van der Waals surface area contributed by atoms with E-state index in [9.17, 15) is 22.8 Å². The van der Waals surface area contributed by atoms with Gasteiger partial charge in [0.15, 0.2) is 0 Å². The van der Waals surface area contributed by atoms with Gasteiger partial charge in [0.05, 0.1) is 13.2 Å². The number of carbonyl (C=O) groups excluding carboxylic acids is 2. The Hall–Kier alpha value is -1.31. The third kappa shape index (κ3) is 5.53. The number of amides is 1.